The zero-order valence-electron chi connectivity index (χ0n) is 75.4. The van der Waals surface area contributed by atoms with Gasteiger partial charge in [0, 0.05) is 107 Å². The molecule has 0 amide bonds. The van der Waals surface area contributed by atoms with Crippen molar-refractivity contribution in [3.63, 3.8) is 0 Å². The summed E-state index contributed by atoms with van der Waals surface area (Å²) in [6.07, 6.45) is 0. The number of anilines is 12. The Balaban J connectivity index is 0.000000142. The minimum absolute atomic E-state index is 0.831. The van der Waals surface area contributed by atoms with E-state index in [-0.39, 0.29) is 0 Å². The summed E-state index contributed by atoms with van der Waals surface area (Å²) < 4.78 is 27.1. The van der Waals surface area contributed by atoms with Crippen LogP contribution in [0.1, 0.15) is 16.7 Å². The van der Waals surface area contributed by atoms with Crippen LogP contribution in [0.15, 0.2) is 476 Å². The molecular formula is C129H86N4O4. The summed E-state index contributed by atoms with van der Waals surface area (Å²) in [6, 6.07) is 167. The molecule has 0 atom stereocenters. The van der Waals surface area contributed by atoms with Crippen molar-refractivity contribution >= 4 is 177 Å². The summed E-state index contributed by atoms with van der Waals surface area (Å²) in [7, 11) is 0. The van der Waals surface area contributed by atoms with Gasteiger partial charge in [-0.25, -0.2) is 0 Å². The molecule has 2 aromatic heterocycles. The quantitative estimate of drug-likeness (QED) is 0.0941. The normalized spacial score (nSPS) is 11.9. The fraction of sp³-hybridized carbons (Fsp3) is 0.0233. The maximum absolute atomic E-state index is 6.99. The van der Waals surface area contributed by atoms with Crippen LogP contribution in [0, 0.1) is 20.8 Å². The van der Waals surface area contributed by atoms with Crippen molar-refractivity contribution in [1.82, 2.24) is 0 Å². The van der Waals surface area contributed by atoms with Crippen molar-refractivity contribution in [3.8, 4) is 78.6 Å². The summed E-state index contributed by atoms with van der Waals surface area (Å²) in [5.41, 5.74) is 31.4. The third-order valence-corrected chi connectivity index (χ3v) is 27.7. The van der Waals surface area contributed by atoms with Gasteiger partial charge in [0.15, 0.2) is 11.2 Å². The van der Waals surface area contributed by atoms with Crippen molar-refractivity contribution < 1.29 is 18.3 Å². The molecule has 0 radical (unpaired) electrons. The summed E-state index contributed by atoms with van der Waals surface area (Å²) in [5.74, 6) is 3.40. The van der Waals surface area contributed by atoms with Crippen molar-refractivity contribution in [2.45, 2.75) is 20.8 Å². The van der Waals surface area contributed by atoms with Gasteiger partial charge in [0.05, 0.1) is 22.7 Å². The molecule has 646 valence electrons. The molecule has 0 saturated heterocycles. The number of aryl methyl sites for hydroxylation is 3. The lowest BCUT2D eigenvalue weighted by Crippen LogP contribution is -2.13. The number of benzene rings is 23. The molecule has 2 aliphatic rings. The molecule has 2 aliphatic heterocycles. The van der Waals surface area contributed by atoms with Gasteiger partial charge < -0.3 is 37.9 Å². The van der Waals surface area contributed by atoms with Crippen LogP contribution in [0.3, 0.4) is 0 Å². The molecule has 0 N–H and O–H groups in total. The smallest absolute Gasteiger partial charge is 0.159 e. The standard InChI is InChI=1S/C66H42N2O2.C63H44N2O2/c1-4-18-43(19-5-1)49-24-12-14-30-60(49)68(46-22-8-3-9-23-46)48-38-39-53-59-42-57-51-26-11-10-25-50(51)56(41-58(57)54-28-17-33-63(65(54)59)69-64(53)40-48)44-34-36-47(37-35-44)67(45-20-6-2-7-21-45)61-31-16-29-55-52-27-13-15-32-62(52)70-66(55)61;1-39-34-40(2)62(41(3)35-39)65(44-18-8-5-9-19-44)46-32-33-50-56-38-54-48-21-11-10-20-47(48)53(37-55(54)51-23-15-27-59(61(51)56)66-60(50)36-46)42-28-30-45(31-29-42)64(43-16-6-4-7-17-43)57-25-14-24-52-49-22-12-13-26-58(49)67-63(52)57/h1-42H;4-38H,1-3H3. The van der Waals surface area contributed by atoms with Crippen LogP contribution in [0.25, 0.3) is 164 Å². The Kier molecular flexibility index (Phi) is 19.1. The van der Waals surface area contributed by atoms with Crippen LogP contribution in [0.2, 0.25) is 0 Å². The molecule has 0 fully saturated rings. The van der Waals surface area contributed by atoms with E-state index in [9.17, 15) is 0 Å². The number of hydrogen-bond donors (Lipinski definition) is 0. The molecule has 27 rings (SSSR count). The predicted molar refractivity (Wildman–Crippen MR) is 573 cm³/mol. The highest BCUT2D eigenvalue weighted by Gasteiger charge is 2.31. The first kappa shape index (κ1) is 79.9. The maximum Gasteiger partial charge on any atom is 0.159 e. The van der Waals surface area contributed by atoms with Gasteiger partial charge in [-0.3, -0.25) is 0 Å². The summed E-state index contributed by atoms with van der Waals surface area (Å²) in [5, 5.41) is 18.7. The van der Waals surface area contributed by atoms with Gasteiger partial charge in [-0.1, -0.05) is 297 Å². The van der Waals surface area contributed by atoms with E-state index in [1.807, 2.05) is 24.3 Å². The highest BCUT2D eigenvalue weighted by molar-refractivity contribution is 6.28. The van der Waals surface area contributed by atoms with Crippen LogP contribution in [0.4, 0.5) is 68.2 Å². The van der Waals surface area contributed by atoms with Gasteiger partial charge in [0.2, 0.25) is 0 Å². The fourth-order valence-electron chi connectivity index (χ4n) is 21.7. The highest BCUT2D eigenvalue weighted by Crippen LogP contribution is 2.57. The predicted octanol–water partition coefficient (Wildman–Crippen LogP) is 37.4. The summed E-state index contributed by atoms with van der Waals surface area (Å²) >= 11 is 0. The molecule has 0 aliphatic carbocycles. The Labute approximate surface area is 792 Å². The first-order valence-corrected chi connectivity index (χ1v) is 46.8. The molecule has 0 saturated carbocycles. The molecule has 25 aromatic rings. The maximum atomic E-state index is 6.99. The van der Waals surface area contributed by atoms with Gasteiger partial charge in [0.25, 0.3) is 0 Å². The van der Waals surface area contributed by atoms with Gasteiger partial charge >= 0.3 is 0 Å². The van der Waals surface area contributed by atoms with Crippen molar-refractivity contribution in [1.29, 1.82) is 0 Å². The Bertz CT molecular complexity index is 9110. The number of para-hydroxylation sites is 9. The highest BCUT2D eigenvalue weighted by atomic mass is 16.5. The van der Waals surface area contributed by atoms with Crippen LogP contribution in [-0.4, -0.2) is 0 Å². The van der Waals surface area contributed by atoms with Gasteiger partial charge in [0.1, 0.15) is 34.2 Å². The van der Waals surface area contributed by atoms with E-state index in [1.54, 1.807) is 0 Å². The largest absolute Gasteiger partial charge is 0.456 e. The minimum Gasteiger partial charge on any atom is -0.456 e. The van der Waals surface area contributed by atoms with Gasteiger partial charge in [-0.15, -0.1) is 0 Å². The molecule has 0 spiro atoms. The molecular weight excluding hydrogens is 1670 g/mol. The Morgan fingerprint density at radius 2 is 0.489 bits per heavy atom. The average Bonchev–Trinajstić information content (AvgIpc) is 1.51. The number of nitrogens with zero attached hydrogens (tertiary/aromatic N) is 4. The van der Waals surface area contributed by atoms with E-state index in [0.29, 0.717) is 0 Å². The second kappa shape index (κ2) is 32.8. The zero-order valence-corrected chi connectivity index (χ0v) is 75.4. The lowest BCUT2D eigenvalue weighted by atomic mass is 9.86. The number of ether oxygens (including phenoxy) is 2. The lowest BCUT2D eigenvalue weighted by molar-refractivity contribution is 0.487. The van der Waals surface area contributed by atoms with Gasteiger partial charge in [-0.2, -0.15) is 0 Å². The van der Waals surface area contributed by atoms with E-state index in [2.05, 4.69) is 483 Å². The second-order valence-electron chi connectivity index (χ2n) is 35.8. The Morgan fingerprint density at radius 3 is 0.942 bits per heavy atom. The number of hydrogen-bond acceptors (Lipinski definition) is 8. The zero-order chi connectivity index (χ0) is 90.9. The fourth-order valence-corrected chi connectivity index (χ4v) is 21.7. The topological polar surface area (TPSA) is 57.7 Å². The SMILES string of the molecule is Cc1cc(C)c(N(c2ccccc2)c2ccc3c(c2)Oc2cccc4c2c-3cc2c3ccccc3c(-c3ccc(N(c5ccccc5)c5cccc6c5oc5ccccc56)cc3)cc42)c(C)c1.c1ccc(-c2ccccc2N(c2ccccc2)c2ccc3c(c2)Oc2cccc4c2c-3cc2c3ccccc3c(-c3ccc(N(c5ccccc5)c5cccc6c5oc5ccccc56)cc3)cc42)cc1. The summed E-state index contributed by atoms with van der Waals surface area (Å²) in [6.45, 7) is 6.58. The van der Waals surface area contributed by atoms with E-state index in [4.69, 9.17) is 18.3 Å². The molecule has 23 aromatic carbocycles. The third kappa shape index (κ3) is 13.5. The van der Waals surface area contributed by atoms with Crippen molar-refractivity contribution in [3.05, 3.63) is 484 Å². The minimum atomic E-state index is 0.831. The van der Waals surface area contributed by atoms with Crippen LogP contribution < -0.4 is 29.1 Å². The molecule has 0 bridgehead atoms. The van der Waals surface area contributed by atoms with Crippen LogP contribution in [-0.2, 0) is 0 Å². The third-order valence-electron chi connectivity index (χ3n) is 27.7. The van der Waals surface area contributed by atoms with E-state index in [0.717, 1.165) is 174 Å². The molecule has 8 nitrogen and oxygen atoms in total. The molecule has 8 heteroatoms. The number of rotatable bonds is 15. The van der Waals surface area contributed by atoms with Crippen molar-refractivity contribution in [2.75, 3.05) is 19.6 Å². The molecule has 137 heavy (non-hydrogen) atoms. The number of fused-ring (bicyclic) bond motifs is 18. The van der Waals surface area contributed by atoms with Gasteiger partial charge in [-0.05, 0) is 288 Å². The Morgan fingerprint density at radius 1 is 0.175 bits per heavy atom. The second-order valence-corrected chi connectivity index (χ2v) is 35.8. The first-order valence-electron chi connectivity index (χ1n) is 46.8. The monoisotopic (exact) mass is 1750 g/mol. The van der Waals surface area contributed by atoms with Crippen LogP contribution >= 0.6 is 0 Å². The molecule has 4 heterocycles. The number of furan rings is 2. The molecule has 0 unspecified atom stereocenters. The van der Waals surface area contributed by atoms with E-state index >= 15 is 0 Å². The van der Waals surface area contributed by atoms with Crippen LogP contribution in [0.5, 0.6) is 23.0 Å². The van der Waals surface area contributed by atoms with E-state index in [1.165, 1.54) is 98.5 Å². The average molecular weight is 1760 g/mol. The lowest BCUT2D eigenvalue weighted by Gasteiger charge is -2.30. The summed E-state index contributed by atoms with van der Waals surface area (Å²) in [4.78, 5) is 9.30. The van der Waals surface area contributed by atoms with E-state index < -0.39 is 0 Å². The Hall–Kier alpha value is -18.0. The first-order chi connectivity index (χ1) is 67.7. The van der Waals surface area contributed by atoms with Crippen molar-refractivity contribution in [2.24, 2.45) is 0 Å².